The van der Waals surface area contributed by atoms with Crippen LogP contribution >= 0.6 is 0 Å². The van der Waals surface area contributed by atoms with Crippen LogP contribution in [-0.2, 0) is 0 Å². The number of hydrogen-bond donors (Lipinski definition) is 2. The van der Waals surface area contributed by atoms with Crippen molar-refractivity contribution in [1.29, 1.82) is 0 Å². The molecule has 3 rings (SSSR count). The molecule has 0 bridgehead atoms. The first kappa shape index (κ1) is 12.7. The third kappa shape index (κ3) is 2.39. The Morgan fingerprint density at radius 2 is 1.75 bits per heavy atom. The number of phenols is 1. The van der Waals surface area contributed by atoms with Gasteiger partial charge in [-0.3, -0.25) is 0 Å². The Hall–Kier alpha value is -2.29. The molecule has 1 aliphatic rings. The molecule has 3 nitrogen and oxygen atoms in total. The predicted molar refractivity (Wildman–Crippen MR) is 81.1 cm³/mol. The Labute approximate surface area is 119 Å². The first-order chi connectivity index (χ1) is 9.63. The number of hydrogen-bond acceptors (Lipinski definition) is 3. The Kier molecular flexibility index (Phi) is 3.18. The van der Waals surface area contributed by atoms with E-state index in [1.165, 1.54) is 5.56 Å². The van der Waals surface area contributed by atoms with Crippen LogP contribution in [-0.4, -0.2) is 10.8 Å². The van der Waals surface area contributed by atoms with Gasteiger partial charge in [-0.15, -0.1) is 0 Å². The highest BCUT2D eigenvalue weighted by Crippen LogP contribution is 2.31. The maximum atomic E-state index is 10.1. The minimum atomic E-state index is 0.0481. The molecule has 0 spiro atoms. The first-order valence-corrected chi connectivity index (χ1v) is 6.82. The number of hydrazone groups is 1. The zero-order valence-electron chi connectivity index (χ0n) is 11.7. The lowest BCUT2D eigenvalue weighted by Crippen LogP contribution is -2.10. The smallest absolute Gasteiger partial charge is 0.121 e. The average molecular weight is 266 g/mol. The van der Waals surface area contributed by atoms with Crippen LogP contribution < -0.4 is 5.43 Å². The van der Waals surface area contributed by atoms with Gasteiger partial charge in [-0.2, -0.15) is 5.10 Å². The van der Waals surface area contributed by atoms with Crippen LogP contribution in [0.4, 0.5) is 0 Å². The monoisotopic (exact) mass is 266 g/mol. The van der Waals surface area contributed by atoms with E-state index in [1.54, 1.807) is 6.07 Å². The highest BCUT2D eigenvalue weighted by Gasteiger charge is 2.23. The third-order valence-corrected chi connectivity index (χ3v) is 3.70. The van der Waals surface area contributed by atoms with E-state index in [9.17, 15) is 5.11 Å². The number of nitrogens with one attached hydrogen (secondary N) is 1. The predicted octanol–water partition coefficient (Wildman–Crippen LogP) is 3.45. The van der Waals surface area contributed by atoms with E-state index in [1.807, 2.05) is 19.1 Å². The zero-order chi connectivity index (χ0) is 14.1. The molecular weight excluding hydrogens is 248 g/mol. The van der Waals surface area contributed by atoms with Crippen molar-refractivity contribution in [2.24, 2.45) is 5.10 Å². The highest BCUT2D eigenvalue weighted by atomic mass is 16.3. The lowest BCUT2D eigenvalue weighted by atomic mass is 9.97. The van der Waals surface area contributed by atoms with E-state index in [-0.39, 0.29) is 6.04 Å². The molecule has 2 aromatic rings. The van der Waals surface area contributed by atoms with Gasteiger partial charge in [-0.05, 0) is 31.0 Å². The summed E-state index contributed by atoms with van der Waals surface area (Å²) in [4.78, 5) is 0. The fraction of sp³-hybridized carbons (Fsp3) is 0.235. The maximum absolute atomic E-state index is 10.1. The largest absolute Gasteiger partial charge is 0.508 e. The lowest BCUT2D eigenvalue weighted by molar-refractivity contribution is 0.455. The molecule has 0 saturated carbocycles. The number of rotatable bonds is 2. The van der Waals surface area contributed by atoms with Crippen molar-refractivity contribution in [2.75, 3.05) is 0 Å². The molecule has 1 heterocycles. The Morgan fingerprint density at radius 3 is 2.45 bits per heavy atom. The quantitative estimate of drug-likeness (QED) is 0.874. The second kappa shape index (κ2) is 5.00. The number of benzene rings is 2. The van der Waals surface area contributed by atoms with Crippen molar-refractivity contribution in [3.8, 4) is 5.75 Å². The summed E-state index contributed by atoms with van der Waals surface area (Å²) in [7, 11) is 0. The van der Waals surface area contributed by atoms with Crippen molar-refractivity contribution in [3.63, 3.8) is 0 Å². The molecule has 0 saturated heterocycles. The number of phenolic OH excluding ortho intramolecular Hbond substituents is 1. The molecule has 1 unspecified atom stereocenters. The molecule has 0 aromatic heterocycles. The summed E-state index contributed by atoms with van der Waals surface area (Å²) < 4.78 is 0. The van der Waals surface area contributed by atoms with Crippen LogP contribution in [0.3, 0.4) is 0 Å². The average Bonchev–Trinajstić information content (AvgIpc) is 2.89. The lowest BCUT2D eigenvalue weighted by Gasteiger charge is -2.12. The first-order valence-electron chi connectivity index (χ1n) is 6.82. The van der Waals surface area contributed by atoms with Gasteiger partial charge >= 0.3 is 0 Å². The Balaban J connectivity index is 1.80. The van der Waals surface area contributed by atoms with Gasteiger partial charge in [0.1, 0.15) is 5.75 Å². The Bertz CT molecular complexity index is 659. The minimum Gasteiger partial charge on any atom is -0.508 e. The van der Waals surface area contributed by atoms with Crippen LogP contribution in [0.15, 0.2) is 47.6 Å². The van der Waals surface area contributed by atoms with Gasteiger partial charge in [0, 0.05) is 12.0 Å². The standard InChI is InChI=1S/C17H18N2O/c1-11-3-6-13(7-4-11)15-10-16(19-18-15)14-8-5-12(2)9-17(14)20/h3-9,16,19-20H,10H2,1-2H3. The van der Waals surface area contributed by atoms with Crippen molar-refractivity contribution >= 4 is 5.71 Å². The molecule has 2 N–H and O–H groups in total. The maximum Gasteiger partial charge on any atom is 0.121 e. The molecular formula is C17H18N2O. The molecule has 2 aromatic carbocycles. The van der Waals surface area contributed by atoms with Crippen LogP contribution in [0.2, 0.25) is 0 Å². The van der Waals surface area contributed by atoms with Gasteiger partial charge < -0.3 is 10.5 Å². The molecule has 0 aliphatic carbocycles. The summed E-state index contributed by atoms with van der Waals surface area (Å²) in [5, 5.41) is 14.5. The van der Waals surface area contributed by atoms with E-state index >= 15 is 0 Å². The second-order valence-electron chi connectivity index (χ2n) is 5.37. The SMILES string of the molecule is Cc1ccc(C2=NNC(c3ccc(C)cc3O)C2)cc1. The zero-order valence-corrected chi connectivity index (χ0v) is 11.7. The third-order valence-electron chi connectivity index (χ3n) is 3.70. The molecule has 0 fully saturated rings. The van der Waals surface area contributed by atoms with Crippen LogP contribution in [0.1, 0.15) is 34.7 Å². The molecule has 20 heavy (non-hydrogen) atoms. The van der Waals surface area contributed by atoms with E-state index in [2.05, 4.69) is 41.7 Å². The van der Waals surface area contributed by atoms with E-state index in [4.69, 9.17) is 0 Å². The van der Waals surface area contributed by atoms with E-state index in [0.29, 0.717) is 5.75 Å². The normalized spacial score (nSPS) is 17.7. The van der Waals surface area contributed by atoms with Gasteiger partial charge in [0.05, 0.1) is 11.8 Å². The van der Waals surface area contributed by atoms with Crippen LogP contribution in [0.25, 0.3) is 0 Å². The topological polar surface area (TPSA) is 44.6 Å². The van der Waals surface area contributed by atoms with Gasteiger partial charge in [0.15, 0.2) is 0 Å². The minimum absolute atomic E-state index is 0.0481. The highest BCUT2D eigenvalue weighted by molar-refractivity contribution is 6.01. The van der Waals surface area contributed by atoms with Crippen molar-refractivity contribution in [2.45, 2.75) is 26.3 Å². The molecule has 3 heteroatoms. The number of aryl methyl sites for hydroxylation is 2. The summed E-state index contributed by atoms with van der Waals surface area (Å²) in [6.45, 7) is 4.05. The van der Waals surface area contributed by atoms with Crippen LogP contribution in [0, 0.1) is 13.8 Å². The van der Waals surface area contributed by atoms with E-state index in [0.717, 1.165) is 28.8 Å². The summed E-state index contributed by atoms with van der Waals surface area (Å²) in [6.07, 6.45) is 0.791. The second-order valence-corrected chi connectivity index (χ2v) is 5.37. The fourth-order valence-electron chi connectivity index (χ4n) is 2.50. The van der Waals surface area contributed by atoms with Gasteiger partial charge in [0.25, 0.3) is 0 Å². The summed E-state index contributed by atoms with van der Waals surface area (Å²) in [5.74, 6) is 0.336. The van der Waals surface area contributed by atoms with Crippen molar-refractivity contribution < 1.29 is 5.11 Å². The number of aromatic hydroxyl groups is 1. The van der Waals surface area contributed by atoms with Gasteiger partial charge in [-0.1, -0.05) is 42.0 Å². The molecule has 0 amide bonds. The molecule has 102 valence electrons. The van der Waals surface area contributed by atoms with Crippen LogP contribution in [0.5, 0.6) is 5.75 Å². The molecule has 1 atom stereocenters. The van der Waals surface area contributed by atoms with Crippen molar-refractivity contribution in [1.82, 2.24) is 5.43 Å². The molecule has 0 radical (unpaired) electrons. The van der Waals surface area contributed by atoms with E-state index < -0.39 is 0 Å². The Morgan fingerprint density at radius 1 is 1.05 bits per heavy atom. The summed E-state index contributed by atoms with van der Waals surface area (Å²) in [6, 6.07) is 14.2. The fourth-order valence-corrected chi connectivity index (χ4v) is 2.50. The van der Waals surface area contributed by atoms with Crippen molar-refractivity contribution in [3.05, 3.63) is 64.7 Å². The summed E-state index contributed by atoms with van der Waals surface area (Å²) in [5.41, 5.74) is 8.50. The summed E-state index contributed by atoms with van der Waals surface area (Å²) >= 11 is 0. The van der Waals surface area contributed by atoms with Gasteiger partial charge in [-0.25, -0.2) is 0 Å². The van der Waals surface area contributed by atoms with Gasteiger partial charge in [0.2, 0.25) is 0 Å². The number of nitrogens with zero attached hydrogens (tertiary/aromatic N) is 1. The molecule has 1 aliphatic heterocycles.